The molecule has 17 rings (SSSR count). The zero-order valence-electron chi connectivity index (χ0n) is 38.0. The number of nitrogens with zero attached hydrogens (tertiary/aromatic N) is 3. The molecule has 3 aliphatic carbocycles. The third-order valence-corrected chi connectivity index (χ3v) is 17.5. The van der Waals surface area contributed by atoms with E-state index in [-0.39, 0.29) is 0 Å². The van der Waals surface area contributed by atoms with E-state index in [0.29, 0.717) is 0 Å². The fourth-order valence-corrected chi connectivity index (χ4v) is 14.9. The predicted octanol–water partition coefficient (Wildman–Crippen LogP) is 16.3. The molecule has 1 aliphatic heterocycles. The molecule has 1 atom stereocenters. The molecule has 0 saturated heterocycles. The van der Waals surface area contributed by atoms with Gasteiger partial charge < -0.3 is 8.98 Å². The van der Waals surface area contributed by atoms with Crippen LogP contribution in [0, 0.1) is 0 Å². The number of hydrogen-bond acceptors (Lipinski definition) is 4. The molecule has 328 valence electrons. The minimum absolute atomic E-state index is 0.447. The third-order valence-electron chi connectivity index (χ3n) is 16.4. The molecule has 5 heteroatoms. The average Bonchev–Trinajstić information content (AvgIpc) is 4.23. The normalized spacial score (nSPS) is 16.0. The monoisotopic (exact) mass is 919 g/mol. The van der Waals surface area contributed by atoms with Crippen molar-refractivity contribution in [3.05, 3.63) is 269 Å². The molecule has 0 saturated carbocycles. The maximum atomic E-state index is 6.74. The predicted molar refractivity (Wildman–Crippen MR) is 287 cm³/mol. The second-order valence-corrected chi connectivity index (χ2v) is 20.6. The summed E-state index contributed by atoms with van der Waals surface area (Å²) in [6.45, 7) is 0. The average molecular weight is 920 g/mol. The van der Waals surface area contributed by atoms with Crippen LogP contribution < -0.4 is 0 Å². The second-order valence-electron chi connectivity index (χ2n) is 19.5. The summed E-state index contributed by atoms with van der Waals surface area (Å²) in [4.78, 5) is 13.2. The van der Waals surface area contributed by atoms with Crippen molar-refractivity contribution >= 4 is 55.5 Å². The summed E-state index contributed by atoms with van der Waals surface area (Å²) in [5.41, 5.74) is 23.3. The van der Waals surface area contributed by atoms with Crippen LogP contribution in [0.1, 0.15) is 44.5 Å². The van der Waals surface area contributed by atoms with E-state index in [4.69, 9.17) is 14.4 Å². The van der Waals surface area contributed by atoms with E-state index in [1.165, 1.54) is 76.4 Å². The molecular weight excluding hydrogens is 883 g/mol. The highest BCUT2D eigenvalue weighted by molar-refractivity contribution is 7.99. The Morgan fingerprint density at radius 2 is 1.03 bits per heavy atom. The molecule has 0 radical (unpaired) electrons. The maximum absolute atomic E-state index is 6.74. The summed E-state index contributed by atoms with van der Waals surface area (Å²) in [5, 5.41) is 4.56. The van der Waals surface area contributed by atoms with Gasteiger partial charge in [0.2, 0.25) is 0 Å². The van der Waals surface area contributed by atoms with Crippen molar-refractivity contribution in [2.75, 3.05) is 0 Å². The van der Waals surface area contributed by atoms with Crippen molar-refractivity contribution in [3.63, 3.8) is 0 Å². The number of fused-ring (bicyclic) bond motifs is 26. The van der Waals surface area contributed by atoms with Gasteiger partial charge in [-0.25, -0.2) is 0 Å². The van der Waals surface area contributed by atoms with Gasteiger partial charge in [-0.1, -0.05) is 163 Å². The molecule has 5 heterocycles. The quantitative estimate of drug-likeness (QED) is 0.173. The Balaban J connectivity index is 0.934. The van der Waals surface area contributed by atoms with E-state index in [1.807, 2.05) is 24.0 Å². The molecule has 71 heavy (non-hydrogen) atoms. The molecule has 0 N–H and O–H groups in total. The van der Waals surface area contributed by atoms with E-state index in [9.17, 15) is 0 Å². The van der Waals surface area contributed by atoms with E-state index >= 15 is 0 Å². The van der Waals surface area contributed by atoms with Crippen LogP contribution in [0.4, 0.5) is 0 Å². The maximum Gasteiger partial charge on any atom is 0.160 e. The molecule has 4 aromatic heterocycles. The van der Waals surface area contributed by atoms with Gasteiger partial charge in [-0.2, -0.15) is 0 Å². The summed E-state index contributed by atoms with van der Waals surface area (Å²) < 4.78 is 9.13. The Morgan fingerprint density at radius 1 is 0.394 bits per heavy atom. The molecule has 1 unspecified atom stereocenters. The highest BCUT2D eigenvalue weighted by Gasteiger charge is 2.56. The van der Waals surface area contributed by atoms with Gasteiger partial charge in [-0.3, -0.25) is 9.97 Å². The summed E-state index contributed by atoms with van der Waals surface area (Å²) >= 11 is 1.90. The standard InChI is InChI=1S/C66H37N3OS/c1-2-15-40(16-3-1)69-57-34-38(28-29-44(57)46-30-31-47-45-20-7-12-26-58(45)70-64(47)63(46)69)39-33-56-62(68-37-39)61-53(25-14-32-67-61)66(56)52-24-11-13-27-59(52)71-60-36-54-48(35-55(60)66)43-19-6-10-23-51(43)65(54)49-21-8-4-17-41(49)42-18-5-9-22-50(42)65/h1-37H. The number of pyridine rings is 2. The third kappa shape index (κ3) is 4.59. The Morgan fingerprint density at radius 3 is 1.83 bits per heavy atom. The van der Waals surface area contributed by atoms with Gasteiger partial charge in [0.05, 0.1) is 33.3 Å². The summed E-state index contributed by atoms with van der Waals surface area (Å²) in [6.07, 6.45) is 3.99. The Kier molecular flexibility index (Phi) is 7.25. The number of para-hydroxylation sites is 2. The minimum atomic E-state index is -0.694. The molecular formula is C66H37N3OS. The first-order chi connectivity index (χ1) is 35.2. The van der Waals surface area contributed by atoms with Crippen molar-refractivity contribution < 1.29 is 4.42 Å². The van der Waals surface area contributed by atoms with Crippen LogP contribution in [0.15, 0.2) is 239 Å². The molecule has 2 spiro atoms. The molecule has 13 aromatic rings. The van der Waals surface area contributed by atoms with Gasteiger partial charge in [0.15, 0.2) is 5.58 Å². The summed E-state index contributed by atoms with van der Waals surface area (Å²) in [6, 6.07) is 78.8. The van der Waals surface area contributed by atoms with Gasteiger partial charge in [0.25, 0.3) is 0 Å². The second kappa shape index (κ2) is 13.5. The fraction of sp³-hybridized carbons (Fsp3) is 0.0303. The first-order valence-electron chi connectivity index (χ1n) is 24.4. The van der Waals surface area contributed by atoms with Crippen LogP contribution in [-0.2, 0) is 10.8 Å². The van der Waals surface area contributed by atoms with Crippen LogP contribution in [0.2, 0.25) is 0 Å². The molecule has 9 aromatic carbocycles. The number of hydrogen-bond donors (Lipinski definition) is 0. The van der Waals surface area contributed by atoms with Gasteiger partial charge in [0.1, 0.15) is 5.58 Å². The number of rotatable bonds is 2. The minimum Gasteiger partial charge on any atom is -0.454 e. The number of furan rings is 1. The van der Waals surface area contributed by atoms with Crippen molar-refractivity contribution in [2.45, 2.75) is 20.6 Å². The molecule has 4 nitrogen and oxygen atoms in total. The van der Waals surface area contributed by atoms with Gasteiger partial charge >= 0.3 is 0 Å². The van der Waals surface area contributed by atoms with Gasteiger partial charge in [-0.05, 0) is 127 Å². The lowest BCUT2D eigenvalue weighted by Gasteiger charge is -2.40. The van der Waals surface area contributed by atoms with Crippen molar-refractivity contribution in [1.82, 2.24) is 14.5 Å². The Bertz CT molecular complexity index is 4480. The number of benzene rings is 9. The lowest BCUT2D eigenvalue weighted by atomic mass is 9.66. The Labute approximate surface area is 412 Å². The fourth-order valence-electron chi connectivity index (χ4n) is 13.6. The lowest BCUT2D eigenvalue weighted by Crippen LogP contribution is -2.33. The zero-order valence-corrected chi connectivity index (χ0v) is 38.8. The van der Waals surface area contributed by atoms with Crippen LogP contribution in [0.5, 0.6) is 0 Å². The topological polar surface area (TPSA) is 43.9 Å². The van der Waals surface area contributed by atoms with E-state index in [2.05, 4.69) is 217 Å². The molecule has 0 amide bonds. The Hall–Kier alpha value is -8.77. The van der Waals surface area contributed by atoms with Gasteiger partial charge in [-0.15, -0.1) is 0 Å². The highest BCUT2D eigenvalue weighted by Crippen LogP contribution is 2.67. The van der Waals surface area contributed by atoms with Crippen LogP contribution >= 0.6 is 11.8 Å². The molecule has 0 bridgehead atoms. The zero-order chi connectivity index (χ0) is 46.2. The smallest absolute Gasteiger partial charge is 0.160 e. The SMILES string of the molecule is c1ccc(-n2c3cc(-c4cnc5c(c4)C4(c6ccccc6Sc6cc7c(cc64)-c4ccccc4C74c6ccccc6-c6ccccc64)c4cccnc4-5)ccc3c3ccc4c5ccccc5oc4c32)cc1. The summed E-state index contributed by atoms with van der Waals surface area (Å²) in [7, 11) is 0. The van der Waals surface area contributed by atoms with E-state index in [1.54, 1.807) is 0 Å². The van der Waals surface area contributed by atoms with E-state index < -0.39 is 10.8 Å². The largest absolute Gasteiger partial charge is 0.454 e. The first kappa shape index (κ1) is 38.1. The van der Waals surface area contributed by atoms with Crippen LogP contribution in [0.25, 0.3) is 94.2 Å². The molecule has 0 fully saturated rings. The van der Waals surface area contributed by atoms with Crippen LogP contribution in [0.3, 0.4) is 0 Å². The van der Waals surface area contributed by atoms with Crippen molar-refractivity contribution in [3.8, 4) is 50.5 Å². The summed E-state index contributed by atoms with van der Waals surface area (Å²) in [5.74, 6) is 0. The van der Waals surface area contributed by atoms with Crippen molar-refractivity contribution in [1.29, 1.82) is 0 Å². The van der Waals surface area contributed by atoms with Gasteiger partial charge in [0, 0.05) is 60.5 Å². The number of aromatic nitrogens is 3. The highest BCUT2D eigenvalue weighted by atomic mass is 32.2. The first-order valence-corrected chi connectivity index (χ1v) is 25.2. The van der Waals surface area contributed by atoms with Crippen LogP contribution in [-0.4, -0.2) is 14.5 Å². The lowest BCUT2D eigenvalue weighted by molar-refractivity contribution is 0.671. The van der Waals surface area contributed by atoms with Crippen molar-refractivity contribution in [2.24, 2.45) is 0 Å². The molecule has 4 aliphatic rings. The van der Waals surface area contributed by atoms with E-state index in [0.717, 1.165) is 72.1 Å².